The standard InChI is InChI=1S/C32H37Cl2N5O7/c33-24-4-3-5-26(32(24)34)38-15-13-37(14-16-38)12-1-2-17-45-22-6-7-23-21(18-28(41)36-25(23)19-22)20-35-27(40)8-11-31(44)46-39-29(42)9-10-30(39)43/h3-7,19,21H,1-2,8-18,20H2,(H,35,40)(H,36,41). The zero-order valence-corrected chi connectivity index (χ0v) is 26.9. The fourth-order valence-corrected chi connectivity index (χ4v) is 6.14. The highest BCUT2D eigenvalue weighted by Crippen LogP contribution is 2.35. The van der Waals surface area contributed by atoms with E-state index in [9.17, 15) is 24.0 Å². The average Bonchev–Trinajstić information content (AvgIpc) is 3.36. The number of benzene rings is 2. The van der Waals surface area contributed by atoms with Gasteiger partial charge in [-0.25, -0.2) is 4.79 Å². The first kappa shape index (κ1) is 33.5. The zero-order valence-electron chi connectivity index (χ0n) is 25.4. The molecule has 4 amide bonds. The Morgan fingerprint density at radius 2 is 1.72 bits per heavy atom. The number of hydroxylamine groups is 2. The molecule has 2 N–H and O–H groups in total. The molecular formula is C32H37Cl2N5O7. The van der Waals surface area contributed by atoms with E-state index in [0.29, 0.717) is 33.2 Å². The fourth-order valence-electron chi connectivity index (χ4n) is 5.73. The molecule has 2 saturated heterocycles. The van der Waals surface area contributed by atoms with Crippen molar-refractivity contribution >= 4 is 64.2 Å². The van der Waals surface area contributed by atoms with Crippen LogP contribution in [0.1, 0.15) is 56.4 Å². The van der Waals surface area contributed by atoms with Crippen molar-refractivity contribution in [1.82, 2.24) is 15.3 Å². The number of carbonyl (C=O) groups excluding carboxylic acids is 5. The van der Waals surface area contributed by atoms with Crippen molar-refractivity contribution in [1.29, 1.82) is 0 Å². The molecule has 46 heavy (non-hydrogen) atoms. The van der Waals surface area contributed by atoms with Gasteiger partial charge < -0.3 is 25.1 Å². The number of halogens is 2. The quantitative estimate of drug-likeness (QED) is 0.240. The third-order valence-electron chi connectivity index (χ3n) is 8.25. The molecule has 1 atom stereocenters. The molecule has 246 valence electrons. The second-order valence-electron chi connectivity index (χ2n) is 11.5. The molecule has 3 aliphatic heterocycles. The molecule has 5 rings (SSSR count). The smallest absolute Gasteiger partial charge is 0.333 e. The number of rotatable bonds is 13. The van der Waals surface area contributed by atoms with Crippen LogP contribution in [0.4, 0.5) is 11.4 Å². The summed E-state index contributed by atoms with van der Waals surface area (Å²) in [7, 11) is 0. The van der Waals surface area contributed by atoms with E-state index >= 15 is 0 Å². The maximum atomic E-state index is 12.4. The highest BCUT2D eigenvalue weighted by molar-refractivity contribution is 6.43. The normalized spacial score (nSPS) is 18.3. The number of piperazine rings is 1. The van der Waals surface area contributed by atoms with Crippen molar-refractivity contribution in [2.24, 2.45) is 0 Å². The fraction of sp³-hybridized carbons (Fsp3) is 0.469. The van der Waals surface area contributed by atoms with Crippen molar-refractivity contribution in [2.45, 2.75) is 50.9 Å². The number of imide groups is 1. The van der Waals surface area contributed by atoms with Gasteiger partial charge in [-0.2, -0.15) is 0 Å². The highest BCUT2D eigenvalue weighted by Gasteiger charge is 2.33. The van der Waals surface area contributed by atoms with Gasteiger partial charge in [-0.05, 0) is 43.1 Å². The minimum Gasteiger partial charge on any atom is -0.494 e. The molecule has 3 heterocycles. The zero-order chi connectivity index (χ0) is 32.6. The minimum atomic E-state index is -0.841. The van der Waals surface area contributed by atoms with Gasteiger partial charge in [-0.1, -0.05) is 35.3 Å². The second kappa shape index (κ2) is 15.6. The Kier molecular flexibility index (Phi) is 11.4. The molecule has 0 bridgehead atoms. The van der Waals surface area contributed by atoms with Crippen LogP contribution in [0, 0.1) is 0 Å². The highest BCUT2D eigenvalue weighted by atomic mass is 35.5. The summed E-state index contributed by atoms with van der Waals surface area (Å²) in [5, 5.41) is 7.28. The molecule has 0 radical (unpaired) electrons. The molecule has 2 fully saturated rings. The number of fused-ring (bicyclic) bond motifs is 1. The van der Waals surface area contributed by atoms with E-state index in [1.165, 1.54) is 0 Å². The molecule has 2 aromatic carbocycles. The monoisotopic (exact) mass is 673 g/mol. The number of hydrogen-bond donors (Lipinski definition) is 2. The summed E-state index contributed by atoms with van der Waals surface area (Å²) in [5.41, 5.74) is 2.51. The van der Waals surface area contributed by atoms with Gasteiger partial charge in [0.1, 0.15) is 5.75 Å². The number of amides is 4. The summed E-state index contributed by atoms with van der Waals surface area (Å²) < 4.78 is 5.98. The summed E-state index contributed by atoms with van der Waals surface area (Å²) in [6, 6.07) is 11.3. The molecule has 3 aliphatic rings. The van der Waals surface area contributed by atoms with E-state index in [0.717, 1.165) is 56.8 Å². The lowest BCUT2D eigenvalue weighted by atomic mass is 9.90. The number of ether oxygens (including phenoxy) is 1. The van der Waals surface area contributed by atoms with Gasteiger partial charge in [0.15, 0.2) is 0 Å². The molecule has 0 aliphatic carbocycles. The molecule has 1 unspecified atom stereocenters. The van der Waals surface area contributed by atoms with Gasteiger partial charge in [0.25, 0.3) is 11.8 Å². The van der Waals surface area contributed by atoms with Crippen molar-refractivity contribution in [3.63, 3.8) is 0 Å². The molecule has 0 aromatic heterocycles. The third kappa shape index (κ3) is 8.68. The Balaban J connectivity index is 1.00. The summed E-state index contributed by atoms with van der Waals surface area (Å²) >= 11 is 12.6. The summed E-state index contributed by atoms with van der Waals surface area (Å²) in [4.78, 5) is 69.4. The molecule has 12 nitrogen and oxygen atoms in total. The van der Waals surface area contributed by atoms with Crippen LogP contribution in [0.5, 0.6) is 5.75 Å². The van der Waals surface area contributed by atoms with Gasteiger partial charge in [-0.3, -0.25) is 24.1 Å². The Morgan fingerprint density at radius 1 is 0.957 bits per heavy atom. The van der Waals surface area contributed by atoms with Gasteiger partial charge >= 0.3 is 5.97 Å². The van der Waals surface area contributed by atoms with Crippen molar-refractivity contribution < 1.29 is 33.5 Å². The minimum absolute atomic E-state index is 0.00115. The summed E-state index contributed by atoms with van der Waals surface area (Å²) in [6.07, 6.45) is 1.61. The SMILES string of the molecule is O=C(CCC(=O)ON1C(=O)CCC1=O)NCC1CC(=O)Nc2cc(OCCCCN3CCN(c4cccc(Cl)c4Cl)CC3)ccc21. The van der Waals surface area contributed by atoms with Gasteiger partial charge in [-0.15, -0.1) is 5.06 Å². The first-order chi connectivity index (χ1) is 22.2. The van der Waals surface area contributed by atoms with E-state index in [-0.39, 0.29) is 50.5 Å². The van der Waals surface area contributed by atoms with Crippen molar-refractivity contribution in [3.05, 3.63) is 52.0 Å². The molecule has 0 saturated carbocycles. The van der Waals surface area contributed by atoms with E-state index in [2.05, 4.69) is 20.4 Å². The second-order valence-corrected chi connectivity index (χ2v) is 12.3. The number of hydrogen-bond acceptors (Lipinski definition) is 9. The predicted octanol–water partition coefficient (Wildman–Crippen LogP) is 3.90. The maximum Gasteiger partial charge on any atom is 0.333 e. The van der Waals surface area contributed by atoms with Crippen LogP contribution in [0.25, 0.3) is 0 Å². The van der Waals surface area contributed by atoms with Crippen LogP contribution in [-0.4, -0.2) is 85.4 Å². The number of anilines is 2. The Bertz CT molecular complexity index is 1460. The molecule has 2 aromatic rings. The first-order valence-electron chi connectivity index (χ1n) is 15.5. The van der Waals surface area contributed by atoms with E-state index in [1.54, 1.807) is 12.1 Å². The van der Waals surface area contributed by atoms with Crippen LogP contribution >= 0.6 is 23.2 Å². The van der Waals surface area contributed by atoms with Crippen LogP contribution in [-0.2, 0) is 28.8 Å². The van der Waals surface area contributed by atoms with Gasteiger partial charge in [0.05, 0.1) is 28.8 Å². The third-order valence-corrected chi connectivity index (χ3v) is 9.06. The van der Waals surface area contributed by atoms with Crippen LogP contribution in [0.15, 0.2) is 36.4 Å². The number of nitrogens with zero attached hydrogens (tertiary/aromatic N) is 3. The van der Waals surface area contributed by atoms with Crippen LogP contribution < -0.4 is 20.3 Å². The number of nitrogens with one attached hydrogen (secondary N) is 2. The Hall–Kier alpha value is -3.87. The van der Waals surface area contributed by atoms with Crippen molar-refractivity contribution in [3.8, 4) is 5.75 Å². The first-order valence-corrected chi connectivity index (χ1v) is 16.2. The predicted molar refractivity (Wildman–Crippen MR) is 172 cm³/mol. The Labute approximate surface area is 277 Å². The molecule has 14 heteroatoms. The molecular weight excluding hydrogens is 637 g/mol. The topological polar surface area (TPSA) is 138 Å². The van der Waals surface area contributed by atoms with Crippen LogP contribution in [0.2, 0.25) is 10.0 Å². The lowest BCUT2D eigenvalue weighted by Crippen LogP contribution is -2.46. The van der Waals surface area contributed by atoms with E-state index in [1.807, 2.05) is 24.3 Å². The van der Waals surface area contributed by atoms with Crippen molar-refractivity contribution in [2.75, 3.05) is 56.1 Å². The van der Waals surface area contributed by atoms with Gasteiger partial charge in [0.2, 0.25) is 11.8 Å². The summed E-state index contributed by atoms with van der Waals surface area (Å²) in [6.45, 7) is 5.42. The van der Waals surface area contributed by atoms with E-state index < -0.39 is 23.7 Å². The maximum absolute atomic E-state index is 12.4. The summed E-state index contributed by atoms with van der Waals surface area (Å²) in [5.74, 6) is -2.15. The molecule has 0 spiro atoms. The Morgan fingerprint density at radius 3 is 2.48 bits per heavy atom. The average molecular weight is 675 g/mol. The lowest BCUT2D eigenvalue weighted by Gasteiger charge is -2.36. The number of carbonyl (C=O) groups is 5. The lowest BCUT2D eigenvalue weighted by molar-refractivity contribution is -0.197. The van der Waals surface area contributed by atoms with Crippen LogP contribution in [0.3, 0.4) is 0 Å². The van der Waals surface area contributed by atoms with Gasteiger partial charge in [0, 0.05) is 76.1 Å². The number of unbranched alkanes of at least 4 members (excludes halogenated alkanes) is 1. The largest absolute Gasteiger partial charge is 0.494 e. The van der Waals surface area contributed by atoms with E-state index in [4.69, 9.17) is 32.8 Å².